The Morgan fingerprint density at radius 2 is 2.05 bits per heavy atom. The van der Waals surface area contributed by atoms with Gasteiger partial charge in [0, 0.05) is 29.6 Å². The lowest BCUT2D eigenvalue weighted by atomic mass is 9.75. The summed E-state index contributed by atoms with van der Waals surface area (Å²) >= 11 is 6.19. The highest BCUT2D eigenvalue weighted by atomic mass is 35.5. The van der Waals surface area contributed by atoms with Gasteiger partial charge in [-0.1, -0.05) is 19.3 Å². The van der Waals surface area contributed by atoms with Crippen molar-refractivity contribution in [2.24, 2.45) is 5.41 Å². The van der Waals surface area contributed by atoms with Crippen LogP contribution < -0.4 is 10.1 Å². The van der Waals surface area contributed by atoms with Crippen molar-refractivity contribution in [2.45, 2.75) is 39.0 Å². The molecule has 1 heterocycles. The van der Waals surface area contributed by atoms with Crippen LogP contribution in [0.2, 0.25) is 0 Å². The second-order valence-electron chi connectivity index (χ2n) is 5.42. The monoisotopic (exact) mass is 283 g/mol. The van der Waals surface area contributed by atoms with E-state index in [1.54, 1.807) is 7.11 Å². The molecule has 1 aromatic rings. The van der Waals surface area contributed by atoms with Gasteiger partial charge in [0.05, 0.1) is 7.11 Å². The van der Waals surface area contributed by atoms with Gasteiger partial charge in [-0.3, -0.25) is 0 Å². The molecule has 0 radical (unpaired) electrons. The zero-order chi connectivity index (χ0) is 13.7. The standard InChI is InChI=1S/C14H22ClN3O/c1-11-8-12(19-2)18-13(17-11)16-10-14(9-15)6-4-3-5-7-14/h8H,3-7,9-10H2,1-2H3,(H,16,17,18). The minimum Gasteiger partial charge on any atom is -0.481 e. The zero-order valence-electron chi connectivity index (χ0n) is 11.7. The first-order valence-corrected chi connectivity index (χ1v) is 7.40. The number of aromatic nitrogens is 2. The molecule has 0 spiro atoms. The van der Waals surface area contributed by atoms with E-state index in [-0.39, 0.29) is 5.41 Å². The molecule has 106 valence electrons. The van der Waals surface area contributed by atoms with Crippen LogP contribution in [0.15, 0.2) is 6.07 Å². The minimum absolute atomic E-state index is 0.195. The number of halogens is 1. The van der Waals surface area contributed by atoms with Crippen LogP contribution in [0.25, 0.3) is 0 Å². The third-order valence-corrected chi connectivity index (χ3v) is 4.43. The molecule has 0 saturated heterocycles. The summed E-state index contributed by atoms with van der Waals surface area (Å²) in [5.74, 6) is 1.92. The van der Waals surface area contributed by atoms with Crippen LogP contribution in [0.4, 0.5) is 5.95 Å². The number of nitrogens with one attached hydrogen (secondary N) is 1. The van der Waals surface area contributed by atoms with Crippen LogP contribution >= 0.6 is 11.6 Å². The lowest BCUT2D eigenvalue weighted by Crippen LogP contribution is -2.34. The number of rotatable bonds is 5. The summed E-state index contributed by atoms with van der Waals surface area (Å²) < 4.78 is 5.16. The van der Waals surface area contributed by atoms with Gasteiger partial charge < -0.3 is 10.1 Å². The van der Waals surface area contributed by atoms with E-state index in [1.165, 1.54) is 32.1 Å². The van der Waals surface area contributed by atoms with Crippen molar-refractivity contribution < 1.29 is 4.74 Å². The topological polar surface area (TPSA) is 47.0 Å². The Bertz CT molecular complexity index is 419. The quantitative estimate of drug-likeness (QED) is 0.842. The minimum atomic E-state index is 0.195. The Morgan fingerprint density at radius 1 is 1.32 bits per heavy atom. The molecule has 1 N–H and O–H groups in total. The highest BCUT2D eigenvalue weighted by molar-refractivity contribution is 6.18. The zero-order valence-corrected chi connectivity index (χ0v) is 12.5. The van der Waals surface area contributed by atoms with Crippen molar-refractivity contribution >= 4 is 17.5 Å². The van der Waals surface area contributed by atoms with E-state index < -0.39 is 0 Å². The van der Waals surface area contributed by atoms with Crippen molar-refractivity contribution in [2.75, 3.05) is 24.9 Å². The molecule has 1 saturated carbocycles. The van der Waals surface area contributed by atoms with Gasteiger partial charge in [-0.2, -0.15) is 4.98 Å². The molecule has 1 aliphatic carbocycles. The van der Waals surface area contributed by atoms with Crippen LogP contribution in [0.5, 0.6) is 5.88 Å². The molecular weight excluding hydrogens is 262 g/mol. The van der Waals surface area contributed by atoms with Crippen LogP contribution in [0.3, 0.4) is 0 Å². The fraction of sp³-hybridized carbons (Fsp3) is 0.714. The number of alkyl halides is 1. The second kappa shape index (κ2) is 6.42. The molecule has 5 heteroatoms. The van der Waals surface area contributed by atoms with Gasteiger partial charge in [0.25, 0.3) is 0 Å². The van der Waals surface area contributed by atoms with E-state index in [4.69, 9.17) is 16.3 Å². The highest BCUT2D eigenvalue weighted by Gasteiger charge is 2.31. The van der Waals surface area contributed by atoms with Crippen molar-refractivity contribution in [3.63, 3.8) is 0 Å². The fourth-order valence-corrected chi connectivity index (χ4v) is 3.01. The number of anilines is 1. The first kappa shape index (κ1) is 14.4. The molecule has 1 fully saturated rings. The van der Waals surface area contributed by atoms with Crippen LogP contribution in [-0.2, 0) is 0 Å². The number of nitrogens with zero attached hydrogens (tertiary/aromatic N) is 2. The Hall–Kier alpha value is -1.03. The molecule has 0 amide bonds. The summed E-state index contributed by atoms with van der Waals surface area (Å²) in [5, 5.41) is 3.34. The van der Waals surface area contributed by atoms with Crippen molar-refractivity contribution in [1.29, 1.82) is 0 Å². The second-order valence-corrected chi connectivity index (χ2v) is 5.69. The molecule has 0 atom stereocenters. The maximum atomic E-state index is 6.19. The number of hydrogen-bond donors (Lipinski definition) is 1. The summed E-state index contributed by atoms with van der Waals surface area (Å²) in [5.41, 5.74) is 1.10. The molecule has 0 aliphatic heterocycles. The predicted molar refractivity (Wildman–Crippen MR) is 78.0 cm³/mol. The molecule has 0 unspecified atom stereocenters. The van der Waals surface area contributed by atoms with E-state index in [9.17, 15) is 0 Å². The maximum absolute atomic E-state index is 6.19. The van der Waals surface area contributed by atoms with Gasteiger partial charge in [0.2, 0.25) is 11.8 Å². The number of aryl methyl sites for hydroxylation is 1. The van der Waals surface area contributed by atoms with Crippen molar-refractivity contribution in [3.8, 4) is 5.88 Å². The molecule has 0 bridgehead atoms. The fourth-order valence-electron chi connectivity index (χ4n) is 2.65. The van der Waals surface area contributed by atoms with Gasteiger partial charge in [0.1, 0.15) is 0 Å². The average molecular weight is 284 g/mol. The van der Waals surface area contributed by atoms with Crippen LogP contribution in [0, 0.1) is 12.3 Å². The largest absolute Gasteiger partial charge is 0.481 e. The number of hydrogen-bond acceptors (Lipinski definition) is 4. The Morgan fingerprint density at radius 3 is 2.68 bits per heavy atom. The molecule has 2 rings (SSSR count). The van der Waals surface area contributed by atoms with Crippen molar-refractivity contribution in [3.05, 3.63) is 11.8 Å². The van der Waals surface area contributed by atoms with E-state index in [1.807, 2.05) is 13.0 Å². The third-order valence-electron chi connectivity index (χ3n) is 3.86. The summed E-state index contributed by atoms with van der Waals surface area (Å²) in [7, 11) is 1.62. The van der Waals surface area contributed by atoms with Crippen LogP contribution in [0.1, 0.15) is 37.8 Å². The van der Waals surface area contributed by atoms with Crippen LogP contribution in [-0.4, -0.2) is 29.5 Å². The van der Waals surface area contributed by atoms with Gasteiger partial charge in [-0.05, 0) is 19.8 Å². The predicted octanol–water partition coefficient (Wildman–Crippen LogP) is 3.39. The number of methoxy groups -OCH3 is 1. The van der Waals surface area contributed by atoms with Gasteiger partial charge in [-0.25, -0.2) is 4.98 Å². The summed E-state index contributed by atoms with van der Waals surface area (Å²) in [4.78, 5) is 8.70. The summed E-state index contributed by atoms with van der Waals surface area (Å²) in [6.07, 6.45) is 6.24. The highest BCUT2D eigenvalue weighted by Crippen LogP contribution is 2.37. The van der Waals surface area contributed by atoms with E-state index in [0.717, 1.165) is 12.2 Å². The van der Waals surface area contributed by atoms with E-state index >= 15 is 0 Å². The van der Waals surface area contributed by atoms with Gasteiger partial charge in [0.15, 0.2) is 0 Å². The lowest BCUT2D eigenvalue weighted by molar-refractivity contribution is 0.237. The van der Waals surface area contributed by atoms with E-state index in [0.29, 0.717) is 17.7 Å². The first-order chi connectivity index (χ1) is 9.17. The Balaban J connectivity index is 2.02. The molecule has 1 aromatic heterocycles. The van der Waals surface area contributed by atoms with E-state index in [2.05, 4.69) is 15.3 Å². The normalized spacial score (nSPS) is 18.1. The molecule has 1 aliphatic rings. The molecular formula is C14H22ClN3O. The lowest BCUT2D eigenvalue weighted by Gasteiger charge is -2.35. The Labute approximate surface area is 119 Å². The van der Waals surface area contributed by atoms with Gasteiger partial charge >= 0.3 is 0 Å². The summed E-state index contributed by atoms with van der Waals surface area (Å²) in [6, 6.07) is 1.82. The smallest absolute Gasteiger partial charge is 0.226 e. The molecule has 0 aromatic carbocycles. The SMILES string of the molecule is COc1cc(C)nc(NCC2(CCl)CCCCC2)n1. The maximum Gasteiger partial charge on any atom is 0.226 e. The van der Waals surface area contributed by atoms with Gasteiger partial charge in [-0.15, -0.1) is 11.6 Å². The molecule has 4 nitrogen and oxygen atoms in total. The third kappa shape index (κ3) is 3.72. The average Bonchev–Trinajstić information content (AvgIpc) is 2.45. The van der Waals surface area contributed by atoms with Crippen molar-refractivity contribution in [1.82, 2.24) is 9.97 Å². The molecule has 19 heavy (non-hydrogen) atoms. The summed E-state index contributed by atoms with van der Waals surface area (Å²) in [6.45, 7) is 2.77. The Kier molecular flexibility index (Phi) is 4.86. The first-order valence-electron chi connectivity index (χ1n) is 6.87. The number of ether oxygens (including phenoxy) is 1.